The van der Waals surface area contributed by atoms with Gasteiger partial charge in [-0.15, -0.1) is 11.3 Å². The summed E-state index contributed by atoms with van der Waals surface area (Å²) in [5.41, 5.74) is 3.05. The third-order valence-corrected chi connectivity index (χ3v) is 9.08. The lowest BCUT2D eigenvalue weighted by atomic mass is 9.85. The van der Waals surface area contributed by atoms with Gasteiger partial charge in [0.05, 0.1) is 28.8 Å². The predicted octanol–water partition coefficient (Wildman–Crippen LogP) is 4.99. The number of thiazole rings is 1. The molecule has 1 aliphatic carbocycles. The van der Waals surface area contributed by atoms with Gasteiger partial charge in [0.25, 0.3) is 0 Å². The van der Waals surface area contributed by atoms with E-state index in [0.29, 0.717) is 44.8 Å². The van der Waals surface area contributed by atoms with Gasteiger partial charge in [-0.1, -0.05) is 46.8 Å². The quantitative estimate of drug-likeness (QED) is 0.379. The highest BCUT2D eigenvalue weighted by atomic mass is 32.1. The second kappa shape index (κ2) is 12.8. The standard InChI is InChI=1S/C32H43N5O4S/c1-20(2)11-15-41-25-16-22(26-21(3)35-19-42-26)9-10-23(25)17-34-28(38)24-8-7-14-37(24)29(39)27(31(4,5)6)36-30(40)32(18-33)12-13-32/h9-10,16,19-20,24,27H,7-8,11-15,17H2,1-6H3,(H,34,38)(H,36,40). The lowest BCUT2D eigenvalue weighted by Gasteiger charge is -2.35. The van der Waals surface area contributed by atoms with Gasteiger partial charge in [0, 0.05) is 18.7 Å². The number of likely N-dealkylation sites (tertiary alicyclic amines) is 1. The summed E-state index contributed by atoms with van der Waals surface area (Å²) in [7, 11) is 0. The van der Waals surface area contributed by atoms with Crippen molar-refractivity contribution in [3.63, 3.8) is 0 Å². The van der Waals surface area contributed by atoms with Crippen molar-refractivity contribution in [3.05, 3.63) is 35.0 Å². The van der Waals surface area contributed by atoms with Crippen LogP contribution in [0.2, 0.25) is 0 Å². The summed E-state index contributed by atoms with van der Waals surface area (Å²) >= 11 is 1.58. The molecule has 1 aromatic heterocycles. The Morgan fingerprint density at radius 1 is 1.26 bits per heavy atom. The molecular weight excluding hydrogens is 550 g/mol. The van der Waals surface area contributed by atoms with E-state index in [9.17, 15) is 19.6 Å². The van der Waals surface area contributed by atoms with Crippen LogP contribution in [0.5, 0.6) is 5.75 Å². The topological polar surface area (TPSA) is 124 Å². The Hall–Kier alpha value is -3.45. The van der Waals surface area contributed by atoms with Crippen LogP contribution in [-0.4, -0.2) is 52.8 Å². The fourth-order valence-corrected chi connectivity index (χ4v) is 5.96. The maximum Gasteiger partial charge on any atom is 0.246 e. The van der Waals surface area contributed by atoms with Crippen molar-refractivity contribution in [1.82, 2.24) is 20.5 Å². The second-order valence-electron chi connectivity index (χ2n) is 13.0. The molecule has 226 valence electrons. The van der Waals surface area contributed by atoms with Crippen molar-refractivity contribution in [3.8, 4) is 22.3 Å². The van der Waals surface area contributed by atoms with Crippen LogP contribution >= 0.6 is 11.3 Å². The second-order valence-corrected chi connectivity index (χ2v) is 13.8. The molecule has 1 saturated heterocycles. The smallest absolute Gasteiger partial charge is 0.246 e. The zero-order chi connectivity index (χ0) is 30.7. The number of nitrogens with one attached hydrogen (secondary N) is 2. The van der Waals surface area contributed by atoms with E-state index in [1.165, 1.54) is 0 Å². The Morgan fingerprint density at radius 2 is 2.00 bits per heavy atom. The molecule has 10 heteroatoms. The van der Waals surface area contributed by atoms with Gasteiger partial charge in [0.1, 0.15) is 23.2 Å². The van der Waals surface area contributed by atoms with E-state index in [4.69, 9.17) is 4.74 Å². The number of aromatic nitrogens is 1. The number of benzene rings is 1. The first-order valence-electron chi connectivity index (χ1n) is 14.8. The average molecular weight is 594 g/mol. The van der Waals surface area contributed by atoms with Crippen molar-refractivity contribution in [2.75, 3.05) is 13.2 Å². The van der Waals surface area contributed by atoms with Crippen molar-refractivity contribution in [2.45, 2.75) is 92.3 Å². The molecule has 4 rings (SSSR count). The molecular formula is C32H43N5O4S. The van der Waals surface area contributed by atoms with Crippen LogP contribution in [0.1, 0.15) is 78.0 Å². The molecule has 3 amide bonds. The summed E-state index contributed by atoms with van der Waals surface area (Å²) in [5.74, 6) is 0.306. The number of hydrogen-bond donors (Lipinski definition) is 2. The van der Waals surface area contributed by atoms with Crippen LogP contribution in [0.3, 0.4) is 0 Å². The summed E-state index contributed by atoms with van der Waals surface area (Å²) in [6.07, 6.45) is 3.16. The van der Waals surface area contributed by atoms with E-state index in [-0.39, 0.29) is 18.4 Å². The highest BCUT2D eigenvalue weighted by Gasteiger charge is 2.53. The normalized spacial score (nSPS) is 18.3. The van der Waals surface area contributed by atoms with E-state index < -0.39 is 28.8 Å². The number of nitrogens with zero attached hydrogens (tertiary/aromatic N) is 3. The molecule has 1 saturated carbocycles. The Bertz CT molecular complexity index is 1350. The maximum absolute atomic E-state index is 13.8. The zero-order valence-electron chi connectivity index (χ0n) is 25.6. The molecule has 2 N–H and O–H groups in total. The Kier molecular flexibility index (Phi) is 9.61. The lowest BCUT2D eigenvalue weighted by Crippen LogP contribution is -2.58. The highest BCUT2D eigenvalue weighted by molar-refractivity contribution is 7.13. The molecule has 2 heterocycles. The van der Waals surface area contributed by atoms with Crippen molar-refractivity contribution in [2.24, 2.45) is 16.7 Å². The first-order chi connectivity index (χ1) is 19.9. The number of ether oxygens (including phenoxy) is 1. The monoisotopic (exact) mass is 593 g/mol. The number of nitriles is 1. The SMILES string of the molecule is Cc1ncsc1-c1ccc(CNC(=O)C2CCCN2C(=O)C(NC(=O)C2(C#N)CC2)C(C)(C)C)c(OCCC(C)C)c1. The first-order valence-corrected chi connectivity index (χ1v) is 15.7. The summed E-state index contributed by atoms with van der Waals surface area (Å²) in [5, 5.41) is 15.4. The fraction of sp³-hybridized carbons (Fsp3) is 0.594. The molecule has 2 unspecified atom stereocenters. The van der Waals surface area contributed by atoms with Gasteiger partial charge in [-0.25, -0.2) is 4.98 Å². The van der Waals surface area contributed by atoms with Crippen LogP contribution in [0, 0.1) is 35.0 Å². The van der Waals surface area contributed by atoms with E-state index in [0.717, 1.165) is 33.9 Å². The number of carbonyl (C=O) groups is 3. The van der Waals surface area contributed by atoms with Gasteiger partial charge in [-0.2, -0.15) is 5.26 Å². The third kappa shape index (κ3) is 7.12. The first kappa shape index (κ1) is 31.5. The predicted molar refractivity (Wildman–Crippen MR) is 162 cm³/mol. The minimum Gasteiger partial charge on any atom is -0.493 e. The Labute approximate surface area is 253 Å². The summed E-state index contributed by atoms with van der Waals surface area (Å²) in [4.78, 5) is 47.2. The molecule has 0 spiro atoms. The van der Waals surface area contributed by atoms with E-state index in [1.807, 2.05) is 51.4 Å². The Morgan fingerprint density at radius 3 is 2.60 bits per heavy atom. The molecule has 2 aliphatic rings. The van der Waals surface area contributed by atoms with Crippen molar-refractivity contribution in [1.29, 1.82) is 5.26 Å². The van der Waals surface area contributed by atoms with Crippen LogP contribution < -0.4 is 15.4 Å². The van der Waals surface area contributed by atoms with E-state index >= 15 is 0 Å². The third-order valence-electron chi connectivity index (χ3n) is 8.11. The maximum atomic E-state index is 13.8. The van der Waals surface area contributed by atoms with Gasteiger partial charge in [0.2, 0.25) is 17.7 Å². The summed E-state index contributed by atoms with van der Waals surface area (Å²) in [6.45, 7) is 13.2. The van der Waals surface area contributed by atoms with Crippen molar-refractivity contribution >= 4 is 29.1 Å². The average Bonchev–Trinajstić information content (AvgIpc) is 3.37. The molecule has 42 heavy (non-hydrogen) atoms. The van der Waals surface area contributed by atoms with Gasteiger partial charge in [0.15, 0.2) is 0 Å². The summed E-state index contributed by atoms with van der Waals surface area (Å²) in [6, 6.07) is 6.64. The van der Waals surface area contributed by atoms with Gasteiger partial charge < -0.3 is 20.3 Å². The van der Waals surface area contributed by atoms with Crippen molar-refractivity contribution < 1.29 is 19.1 Å². The van der Waals surface area contributed by atoms with Crippen LogP contribution in [-0.2, 0) is 20.9 Å². The highest BCUT2D eigenvalue weighted by Crippen LogP contribution is 2.45. The summed E-state index contributed by atoms with van der Waals surface area (Å²) < 4.78 is 6.20. The minimum atomic E-state index is -1.03. The van der Waals surface area contributed by atoms with Gasteiger partial charge >= 0.3 is 0 Å². The zero-order valence-corrected chi connectivity index (χ0v) is 26.4. The van der Waals surface area contributed by atoms with E-state index in [2.05, 4.69) is 35.5 Å². The largest absolute Gasteiger partial charge is 0.493 e. The number of aryl methyl sites for hydroxylation is 1. The van der Waals surface area contributed by atoms with E-state index in [1.54, 1.807) is 16.2 Å². The molecule has 0 radical (unpaired) electrons. The molecule has 2 aromatic rings. The lowest BCUT2D eigenvalue weighted by molar-refractivity contribution is -0.144. The van der Waals surface area contributed by atoms with Crippen LogP contribution in [0.4, 0.5) is 0 Å². The van der Waals surface area contributed by atoms with Gasteiger partial charge in [-0.3, -0.25) is 14.4 Å². The molecule has 1 aliphatic heterocycles. The van der Waals surface area contributed by atoms with Crippen LogP contribution in [0.15, 0.2) is 23.7 Å². The molecule has 1 aromatic carbocycles. The number of amides is 3. The number of rotatable bonds is 11. The van der Waals surface area contributed by atoms with Gasteiger partial charge in [-0.05, 0) is 62.0 Å². The molecule has 2 fully saturated rings. The molecule has 9 nitrogen and oxygen atoms in total. The number of hydrogen-bond acceptors (Lipinski definition) is 7. The minimum absolute atomic E-state index is 0.231. The molecule has 2 atom stereocenters. The molecule has 0 bridgehead atoms. The van der Waals surface area contributed by atoms with Crippen LogP contribution in [0.25, 0.3) is 10.4 Å². The Balaban J connectivity index is 1.47. The number of carbonyl (C=O) groups excluding carboxylic acids is 3. The fourth-order valence-electron chi connectivity index (χ4n) is 5.16.